The molecular weight excluding hydrogens is 160 g/mol. The predicted octanol–water partition coefficient (Wildman–Crippen LogP) is 0.974. The summed E-state index contributed by atoms with van der Waals surface area (Å²) in [5.74, 6) is 0. The van der Waals surface area contributed by atoms with Crippen LogP contribution in [0.1, 0.15) is 0 Å². The van der Waals surface area contributed by atoms with Gasteiger partial charge in [0.2, 0.25) is 0 Å². The molecule has 0 amide bonds. The van der Waals surface area contributed by atoms with Crippen LogP contribution in [0.4, 0.5) is 5.69 Å². The molecule has 0 atom stereocenters. The van der Waals surface area contributed by atoms with E-state index in [0.717, 1.165) is 5.65 Å². The number of pyridine rings is 1. The lowest BCUT2D eigenvalue weighted by molar-refractivity contribution is 1.08. The highest BCUT2D eigenvalue weighted by atomic mass is 32.1. The molecule has 2 aromatic heterocycles. The van der Waals surface area contributed by atoms with Crippen molar-refractivity contribution in [2.75, 3.05) is 5.73 Å². The normalized spacial score (nSPS) is 10.5. The molecule has 0 bridgehead atoms. The highest BCUT2D eigenvalue weighted by Gasteiger charge is 1.94. The average molecular weight is 166 g/mol. The summed E-state index contributed by atoms with van der Waals surface area (Å²) in [4.78, 5) is 0. The van der Waals surface area contributed by atoms with Crippen LogP contribution in [0.25, 0.3) is 5.65 Å². The summed E-state index contributed by atoms with van der Waals surface area (Å²) in [6.07, 6.45) is 1.74. The molecule has 3 N–H and O–H groups in total. The molecule has 2 heterocycles. The van der Waals surface area contributed by atoms with Gasteiger partial charge in [-0.05, 0) is 24.4 Å². The third-order valence-electron chi connectivity index (χ3n) is 1.43. The van der Waals surface area contributed by atoms with Crippen molar-refractivity contribution in [2.45, 2.75) is 0 Å². The Morgan fingerprint density at radius 2 is 2.36 bits per heavy atom. The van der Waals surface area contributed by atoms with Gasteiger partial charge in [-0.15, -0.1) is 0 Å². The number of hydrogen-bond acceptors (Lipinski definition) is 3. The number of nitrogen functional groups attached to an aromatic ring is 1. The number of nitrogens with one attached hydrogen (secondary N) is 1. The minimum Gasteiger partial charge on any atom is -0.398 e. The van der Waals surface area contributed by atoms with Crippen molar-refractivity contribution in [3.05, 3.63) is 23.1 Å². The quantitative estimate of drug-likeness (QED) is 0.573. The highest BCUT2D eigenvalue weighted by Crippen LogP contribution is 2.04. The smallest absolute Gasteiger partial charge is 0.199 e. The number of aromatic amines is 1. The Balaban J connectivity index is 2.99. The van der Waals surface area contributed by atoms with E-state index >= 15 is 0 Å². The van der Waals surface area contributed by atoms with Gasteiger partial charge in [0.1, 0.15) is 0 Å². The Hall–Kier alpha value is -1.36. The first kappa shape index (κ1) is 6.36. The van der Waals surface area contributed by atoms with Crippen LogP contribution in [-0.2, 0) is 0 Å². The number of fused-ring (bicyclic) bond motifs is 1. The monoisotopic (exact) mass is 166 g/mol. The van der Waals surface area contributed by atoms with E-state index in [9.17, 15) is 0 Å². The van der Waals surface area contributed by atoms with Crippen molar-refractivity contribution in [1.82, 2.24) is 14.6 Å². The molecule has 0 saturated carbocycles. The maximum Gasteiger partial charge on any atom is 0.199 e. The number of anilines is 1. The summed E-state index contributed by atoms with van der Waals surface area (Å²) >= 11 is 4.94. The van der Waals surface area contributed by atoms with Gasteiger partial charge in [0.15, 0.2) is 10.4 Å². The fourth-order valence-corrected chi connectivity index (χ4v) is 1.11. The van der Waals surface area contributed by atoms with Crippen molar-refractivity contribution >= 4 is 23.6 Å². The van der Waals surface area contributed by atoms with E-state index in [0.29, 0.717) is 10.5 Å². The molecule has 0 fully saturated rings. The van der Waals surface area contributed by atoms with Crippen LogP contribution in [-0.4, -0.2) is 14.6 Å². The molecular formula is C6H6N4S. The molecule has 4 nitrogen and oxygen atoms in total. The maximum absolute atomic E-state index is 5.54. The predicted molar refractivity (Wildman–Crippen MR) is 44.8 cm³/mol. The van der Waals surface area contributed by atoms with Crippen LogP contribution in [0.2, 0.25) is 0 Å². The van der Waals surface area contributed by atoms with E-state index in [1.165, 1.54) is 0 Å². The van der Waals surface area contributed by atoms with Crippen molar-refractivity contribution in [1.29, 1.82) is 0 Å². The summed E-state index contributed by atoms with van der Waals surface area (Å²) in [5, 5.41) is 6.61. The second-order valence-electron chi connectivity index (χ2n) is 2.22. The minimum absolute atomic E-state index is 0.562. The Labute approximate surface area is 67.7 Å². The second-order valence-corrected chi connectivity index (χ2v) is 2.61. The zero-order valence-corrected chi connectivity index (χ0v) is 6.43. The van der Waals surface area contributed by atoms with Crippen LogP contribution in [0.5, 0.6) is 0 Å². The maximum atomic E-state index is 5.54. The number of rotatable bonds is 0. The number of aromatic nitrogens is 3. The van der Waals surface area contributed by atoms with E-state index in [4.69, 9.17) is 18.0 Å². The van der Waals surface area contributed by atoms with Crippen LogP contribution >= 0.6 is 12.2 Å². The average Bonchev–Trinajstić information content (AvgIpc) is 2.33. The Morgan fingerprint density at radius 1 is 1.55 bits per heavy atom. The first-order valence-corrected chi connectivity index (χ1v) is 3.50. The molecule has 56 valence electrons. The number of hydrogen-bond donors (Lipinski definition) is 2. The van der Waals surface area contributed by atoms with Crippen LogP contribution in [0.3, 0.4) is 0 Å². The van der Waals surface area contributed by atoms with Gasteiger partial charge in [-0.2, -0.15) is 5.10 Å². The molecule has 0 saturated heterocycles. The number of H-pyrrole nitrogens is 1. The van der Waals surface area contributed by atoms with Gasteiger partial charge < -0.3 is 5.73 Å². The van der Waals surface area contributed by atoms with E-state index in [1.807, 2.05) is 6.07 Å². The molecule has 0 aromatic carbocycles. The molecule has 0 aliphatic heterocycles. The Bertz CT molecular complexity index is 441. The van der Waals surface area contributed by atoms with Gasteiger partial charge in [0.25, 0.3) is 0 Å². The molecule has 2 rings (SSSR count). The lowest BCUT2D eigenvalue weighted by atomic mass is 10.4. The van der Waals surface area contributed by atoms with Gasteiger partial charge in [-0.3, -0.25) is 9.50 Å². The molecule has 0 aliphatic carbocycles. The minimum atomic E-state index is 0.562. The van der Waals surface area contributed by atoms with Gasteiger partial charge >= 0.3 is 0 Å². The summed E-state index contributed by atoms with van der Waals surface area (Å²) < 4.78 is 2.29. The first-order valence-electron chi connectivity index (χ1n) is 3.09. The molecule has 2 aromatic rings. The summed E-state index contributed by atoms with van der Waals surface area (Å²) in [7, 11) is 0. The third-order valence-corrected chi connectivity index (χ3v) is 1.72. The first-order chi connectivity index (χ1) is 5.27. The van der Waals surface area contributed by atoms with Crippen molar-refractivity contribution in [2.24, 2.45) is 0 Å². The third kappa shape index (κ3) is 0.894. The highest BCUT2D eigenvalue weighted by molar-refractivity contribution is 7.71. The fourth-order valence-electron chi connectivity index (χ4n) is 0.922. The van der Waals surface area contributed by atoms with Gasteiger partial charge in [0, 0.05) is 11.9 Å². The standard InChI is InChI=1S/C6H6N4S/c7-4-1-2-5-8-9-6(11)10(5)3-4/h1-3H,7H2,(H,9,11). The molecule has 0 radical (unpaired) electrons. The molecule has 11 heavy (non-hydrogen) atoms. The van der Waals surface area contributed by atoms with Crippen LogP contribution in [0.15, 0.2) is 18.3 Å². The largest absolute Gasteiger partial charge is 0.398 e. The van der Waals surface area contributed by atoms with Gasteiger partial charge in [-0.25, -0.2) is 0 Å². The van der Waals surface area contributed by atoms with E-state index in [1.54, 1.807) is 16.7 Å². The molecule has 0 unspecified atom stereocenters. The SMILES string of the molecule is Nc1ccc2n[nH]c(=S)n2c1. The molecule has 5 heteroatoms. The summed E-state index contributed by atoms with van der Waals surface area (Å²) in [6, 6.07) is 3.59. The van der Waals surface area contributed by atoms with Crippen molar-refractivity contribution in [3.8, 4) is 0 Å². The molecule has 0 aliphatic rings. The van der Waals surface area contributed by atoms with E-state index < -0.39 is 0 Å². The lowest BCUT2D eigenvalue weighted by Crippen LogP contribution is -1.89. The zero-order valence-electron chi connectivity index (χ0n) is 5.61. The van der Waals surface area contributed by atoms with Crippen LogP contribution < -0.4 is 5.73 Å². The Morgan fingerprint density at radius 3 is 3.18 bits per heavy atom. The molecule has 0 spiro atoms. The Kier molecular flexibility index (Phi) is 1.19. The van der Waals surface area contributed by atoms with Gasteiger partial charge in [0.05, 0.1) is 0 Å². The summed E-state index contributed by atoms with van der Waals surface area (Å²) in [6.45, 7) is 0. The number of nitrogens with two attached hydrogens (primary N) is 1. The second kappa shape index (κ2) is 2.06. The number of nitrogens with zero attached hydrogens (tertiary/aromatic N) is 2. The topological polar surface area (TPSA) is 59.1 Å². The van der Waals surface area contributed by atoms with Crippen LogP contribution in [0, 0.1) is 4.77 Å². The lowest BCUT2D eigenvalue weighted by Gasteiger charge is -1.92. The summed E-state index contributed by atoms with van der Waals surface area (Å²) in [5.41, 5.74) is 7.00. The van der Waals surface area contributed by atoms with Crippen molar-refractivity contribution in [3.63, 3.8) is 0 Å². The zero-order chi connectivity index (χ0) is 7.84. The van der Waals surface area contributed by atoms with E-state index in [-0.39, 0.29) is 0 Å². The fraction of sp³-hybridized carbons (Fsp3) is 0. The van der Waals surface area contributed by atoms with E-state index in [2.05, 4.69) is 10.2 Å². The van der Waals surface area contributed by atoms with Crippen molar-refractivity contribution < 1.29 is 0 Å². The van der Waals surface area contributed by atoms with Gasteiger partial charge in [-0.1, -0.05) is 0 Å².